The summed E-state index contributed by atoms with van der Waals surface area (Å²) in [5, 5.41) is 3.96. The maximum Gasteiger partial charge on any atom is 0.275 e. The molecule has 0 heterocycles. The average Bonchev–Trinajstić information content (AvgIpc) is 2.55. The summed E-state index contributed by atoms with van der Waals surface area (Å²) in [5.41, 5.74) is 3.87. The van der Waals surface area contributed by atoms with Crippen molar-refractivity contribution in [3.63, 3.8) is 0 Å². The number of benzene rings is 2. The number of carbonyl (C=O) groups excluding carboxylic acids is 1. The van der Waals surface area contributed by atoms with Crippen LogP contribution in [-0.4, -0.2) is 25.5 Å². The highest BCUT2D eigenvalue weighted by Crippen LogP contribution is 2.17. The number of nitrogens with one attached hydrogen (secondary N) is 1. The predicted molar refractivity (Wildman–Crippen MR) is 86.3 cm³/mol. The van der Waals surface area contributed by atoms with E-state index in [9.17, 15) is 4.79 Å². The molecule has 0 radical (unpaired) electrons. The molecular weight excluding hydrogens is 284 g/mol. The highest BCUT2D eigenvalue weighted by Gasteiger charge is 2.09. The normalized spacial score (nSPS) is 10.6. The number of hydrazone groups is 1. The van der Waals surface area contributed by atoms with E-state index in [1.54, 1.807) is 36.2 Å². The van der Waals surface area contributed by atoms with E-state index in [0.29, 0.717) is 11.3 Å². The van der Waals surface area contributed by atoms with Crippen LogP contribution in [0.25, 0.3) is 0 Å². The molecule has 0 atom stereocenters. The lowest BCUT2D eigenvalue weighted by atomic mass is 10.2. The van der Waals surface area contributed by atoms with E-state index in [2.05, 4.69) is 10.5 Å². The van der Waals surface area contributed by atoms with Crippen LogP contribution in [0, 0.1) is 0 Å². The number of rotatable bonds is 5. The number of carbonyl (C=O) groups is 1. The molecule has 0 bridgehead atoms. The first-order valence-electron chi connectivity index (χ1n) is 6.35. The molecule has 2 aromatic carbocycles. The second-order valence-electron chi connectivity index (χ2n) is 4.17. The topological polar surface area (TPSA) is 50.7 Å². The van der Waals surface area contributed by atoms with Crippen LogP contribution in [0.3, 0.4) is 0 Å². The first-order chi connectivity index (χ1) is 10.2. The third-order valence-electron chi connectivity index (χ3n) is 2.85. The van der Waals surface area contributed by atoms with Crippen molar-refractivity contribution >= 4 is 23.9 Å². The van der Waals surface area contributed by atoms with E-state index in [4.69, 9.17) is 4.74 Å². The van der Waals surface area contributed by atoms with Crippen molar-refractivity contribution in [2.24, 2.45) is 5.10 Å². The molecule has 0 saturated carbocycles. The monoisotopic (exact) mass is 300 g/mol. The van der Waals surface area contributed by atoms with Gasteiger partial charge in [0.1, 0.15) is 5.75 Å². The van der Waals surface area contributed by atoms with Crippen LogP contribution >= 0.6 is 11.8 Å². The maximum atomic E-state index is 12.0. The van der Waals surface area contributed by atoms with Gasteiger partial charge in [-0.25, -0.2) is 5.43 Å². The molecule has 0 spiro atoms. The number of methoxy groups -OCH3 is 1. The van der Waals surface area contributed by atoms with Crippen LogP contribution in [0.4, 0.5) is 0 Å². The third-order valence-corrected chi connectivity index (χ3v) is 3.59. The van der Waals surface area contributed by atoms with Gasteiger partial charge in [-0.15, -0.1) is 11.8 Å². The molecule has 2 rings (SSSR count). The van der Waals surface area contributed by atoms with Gasteiger partial charge in [0.2, 0.25) is 0 Å². The number of para-hydroxylation sites is 1. The first-order valence-corrected chi connectivity index (χ1v) is 7.57. The van der Waals surface area contributed by atoms with Crippen molar-refractivity contribution in [1.29, 1.82) is 0 Å². The van der Waals surface area contributed by atoms with Gasteiger partial charge in [0, 0.05) is 4.90 Å². The molecule has 108 valence electrons. The zero-order valence-corrected chi connectivity index (χ0v) is 12.7. The Hall–Kier alpha value is -2.27. The Bertz CT molecular complexity index is 639. The minimum absolute atomic E-state index is 0.301. The number of nitrogens with zero attached hydrogens (tertiary/aromatic N) is 1. The molecule has 0 saturated heterocycles. The van der Waals surface area contributed by atoms with Crippen molar-refractivity contribution in [2.75, 3.05) is 13.4 Å². The zero-order chi connectivity index (χ0) is 15.1. The minimum Gasteiger partial charge on any atom is -0.496 e. The van der Waals surface area contributed by atoms with E-state index < -0.39 is 0 Å². The number of amides is 1. The van der Waals surface area contributed by atoms with E-state index in [0.717, 1.165) is 5.56 Å². The molecule has 2 aromatic rings. The molecule has 0 aromatic heterocycles. The van der Waals surface area contributed by atoms with Crippen molar-refractivity contribution in [3.05, 3.63) is 59.7 Å². The van der Waals surface area contributed by atoms with E-state index >= 15 is 0 Å². The quantitative estimate of drug-likeness (QED) is 0.524. The molecule has 21 heavy (non-hydrogen) atoms. The summed E-state index contributed by atoms with van der Waals surface area (Å²) in [6, 6.07) is 14.9. The lowest BCUT2D eigenvalue weighted by Gasteiger charge is -2.05. The van der Waals surface area contributed by atoms with Crippen LogP contribution in [-0.2, 0) is 0 Å². The number of thioether (sulfide) groups is 1. The molecule has 0 aliphatic carbocycles. The van der Waals surface area contributed by atoms with Gasteiger partial charge in [0.25, 0.3) is 5.91 Å². The van der Waals surface area contributed by atoms with Gasteiger partial charge in [0.05, 0.1) is 18.9 Å². The minimum atomic E-state index is -0.301. The Labute approximate surface area is 128 Å². The summed E-state index contributed by atoms with van der Waals surface area (Å²) in [5.74, 6) is 0.221. The summed E-state index contributed by atoms with van der Waals surface area (Å²) in [6.45, 7) is 0. The molecule has 1 N–H and O–H groups in total. The Balaban J connectivity index is 2.01. The fourth-order valence-electron chi connectivity index (χ4n) is 1.75. The Morgan fingerprint density at radius 2 is 1.90 bits per heavy atom. The molecule has 0 fully saturated rings. The molecule has 1 amide bonds. The summed E-state index contributed by atoms with van der Waals surface area (Å²) >= 11 is 1.68. The SMILES string of the molecule is COc1ccccc1C(=O)N/N=C/c1ccc(SC)cc1. The van der Waals surface area contributed by atoms with Crippen LogP contribution < -0.4 is 10.2 Å². The van der Waals surface area contributed by atoms with Crippen LogP contribution in [0.15, 0.2) is 58.5 Å². The maximum absolute atomic E-state index is 12.0. The molecule has 4 nitrogen and oxygen atoms in total. The highest BCUT2D eigenvalue weighted by atomic mass is 32.2. The number of ether oxygens (including phenoxy) is 1. The fourth-order valence-corrected chi connectivity index (χ4v) is 2.16. The van der Waals surface area contributed by atoms with Crippen LogP contribution in [0.5, 0.6) is 5.75 Å². The van der Waals surface area contributed by atoms with Gasteiger partial charge >= 0.3 is 0 Å². The molecule has 0 aliphatic heterocycles. The number of hydrogen-bond acceptors (Lipinski definition) is 4. The molecular formula is C16H16N2O2S. The summed E-state index contributed by atoms with van der Waals surface area (Å²) in [6.07, 6.45) is 3.63. The van der Waals surface area contributed by atoms with E-state index in [1.165, 1.54) is 12.0 Å². The fraction of sp³-hybridized carbons (Fsp3) is 0.125. The van der Waals surface area contributed by atoms with E-state index in [1.807, 2.05) is 36.6 Å². The molecule has 0 unspecified atom stereocenters. The number of hydrogen-bond donors (Lipinski definition) is 1. The van der Waals surface area contributed by atoms with Crippen LogP contribution in [0.1, 0.15) is 15.9 Å². The van der Waals surface area contributed by atoms with Gasteiger partial charge in [-0.05, 0) is 36.1 Å². The Kier molecular flexibility index (Phi) is 5.40. The summed E-state index contributed by atoms with van der Waals surface area (Å²) < 4.78 is 5.14. The molecule has 0 aliphatic rings. The molecule has 5 heteroatoms. The van der Waals surface area contributed by atoms with Gasteiger partial charge in [0.15, 0.2) is 0 Å². The van der Waals surface area contributed by atoms with Gasteiger partial charge in [-0.1, -0.05) is 24.3 Å². The van der Waals surface area contributed by atoms with Crippen molar-refractivity contribution in [3.8, 4) is 5.75 Å². The van der Waals surface area contributed by atoms with Gasteiger partial charge < -0.3 is 4.74 Å². The largest absolute Gasteiger partial charge is 0.496 e. The Morgan fingerprint density at radius 3 is 2.57 bits per heavy atom. The zero-order valence-electron chi connectivity index (χ0n) is 11.9. The van der Waals surface area contributed by atoms with Crippen molar-refractivity contribution in [2.45, 2.75) is 4.90 Å². The lowest BCUT2D eigenvalue weighted by molar-refractivity contribution is 0.0952. The van der Waals surface area contributed by atoms with Crippen molar-refractivity contribution in [1.82, 2.24) is 5.43 Å². The summed E-state index contributed by atoms with van der Waals surface area (Å²) in [4.78, 5) is 13.2. The van der Waals surface area contributed by atoms with Crippen LogP contribution in [0.2, 0.25) is 0 Å². The van der Waals surface area contributed by atoms with Gasteiger partial charge in [-0.2, -0.15) is 5.10 Å². The lowest BCUT2D eigenvalue weighted by Crippen LogP contribution is -2.18. The van der Waals surface area contributed by atoms with Gasteiger partial charge in [-0.3, -0.25) is 4.79 Å². The predicted octanol–water partition coefficient (Wildman–Crippen LogP) is 3.18. The highest BCUT2D eigenvalue weighted by molar-refractivity contribution is 7.98. The third kappa shape index (κ3) is 4.10. The Morgan fingerprint density at radius 1 is 1.19 bits per heavy atom. The standard InChI is InChI=1S/C16H16N2O2S/c1-20-15-6-4-3-5-14(15)16(19)18-17-11-12-7-9-13(21-2)10-8-12/h3-11H,1-2H3,(H,18,19)/b17-11+. The smallest absolute Gasteiger partial charge is 0.275 e. The average molecular weight is 300 g/mol. The second-order valence-corrected chi connectivity index (χ2v) is 5.05. The van der Waals surface area contributed by atoms with E-state index in [-0.39, 0.29) is 5.91 Å². The summed E-state index contributed by atoms with van der Waals surface area (Å²) in [7, 11) is 1.53. The van der Waals surface area contributed by atoms with Crippen molar-refractivity contribution < 1.29 is 9.53 Å². The second kappa shape index (κ2) is 7.50. The first kappa shape index (κ1) is 15.1.